The molecule has 0 fully saturated rings. The maximum absolute atomic E-state index is 9.63. The summed E-state index contributed by atoms with van der Waals surface area (Å²) < 4.78 is 2.08. The molecule has 0 N–H and O–H groups in total. The summed E-state index contributed by atoms with van der Waals surface area (Å²) >= 11 is 5.85. The largest absolute Gasteiger partial charge is 0.327 e. The van der Waals surface area contributed by atoms with Gasteiger partial charge in [0.15, 0.2) is 0 Å². The molecule has 0 bridgehead atoms. The fraction of sp³-hybridized carbons (Fsp3) is 0.250. The number of nitrogens with zero attached hydrogens (tertiary/aromatic N) is 5. The van der Waals surface area contributed by atoms with E-state index < -0.39 is 5.92 Å². The Morgan fingerprint density at radius 2 is 2.09 bits per heavy atom. The number of rotatable bonds is 4. The average molecular weight is 312 g/mol. The molecule has 0 aliphatic rings. The molecular formula is C16H14ClN5. The quantitative estimate of drug-likeness (QED) is 0.691. The van der Waals surface area contributed by atoms with E-state index in [1.54, 1.807) is 12.3 Å². The van der Waals surface area contributed by atoms with Gasteiger partial charge < -0.3 is 4.57 Å². The molecule has 3 rings (SSSR count). The lowest BCUT2D eigenvalue weighted by Crippen LogP contribution is -2.11. The van der Waals surface area contributed by atoms with Crippen LogP contribution in [0.15, 0.2) is 36.5 Å². The van der Waals surface area contributed by atoms with Crippen LogP contribution in [0.25, 0.3) is 11.0 Å². The van der Waals surface area contributed by atoms with Gasteiger partial charge in [-0.3, -0.25) is 0 Å². The molecule has 1 unspecified atom stereocenters. The van der Waals surface area contributed by atoms with Gasteiger partial charge in [0, 0.05) is 12.7 Å². The van der Waals surface area contributed by atoms with Crippen LogP contribution in [0.5, 0.6) is 0 Å². The molecule has 0 radical (unpaired) electrons. The van der Waals surface area contributed by atoms with Gasteiger partial charge >= 0.3 is 0 Å². The number of halogens is 1. The van der Waals surface area contributed by atoms with Crippen molar-refractivity contribution in [3.05, 3.63) is 53.3 Å². The van der Waals surface area contributed by atoms with Crippen molar-refractivity contribution in [3.8, 4) is 6.07 Å². The molecule has 22 heavy (non-hydrogen) atoms. The van der Waals surface area contributed by atoms with E-state index in [1.807, 2.05) is 24.3 Å². The van der Waals surface area contributed by atoms with E-state index in [4.69, 9.17) is 11.6 Å². The van der Waals surface area contributed by atoms with Crippen molar-refractivity contribution in [1.82, 2.24) is 19.5 Å². The molecule has 110 valence electrons. The van der Waals surface area contributed by atoms with Crippen LogP contribution in [0.4, 0.5) is 0 Å². The summed E-state index contributed by atoms with van der Waals surface area (Å²) in [6.07, 6.45) is 2.51. The fourth-order valence-electron chi connectivity index (χ4n) is 2.54. The maximum Gasteiger partial charge on any atom is 0.222 e. The number of fused-ring (bicyclic) bond motifs is 1. The van der Waals surface area contributed by atoms with E-state index in [0.717, 1.165) is 24.0 Å². The van der Waals surface area contributed by atoms with Crippen molar-refractivity contribution in [2.24, 2.45) is 0 Å². The monoisotopic (exact) mass is 311 g/mol. The van der Waals surface area contributed by atoms with Gasteiger partial charge in [-0.25, -0.2) is 15.0 Å². The van der Waals surface area contributed by atoms with Crippen molar-refractivity contribution in [1.29, 1.82) is 5.26 Å². The van der Waals surface area contributed by atoms with E-state index in [-0.39, 0.29) is 5.28 Å². The highest BCUT2D eigenvalue weighted by Crippen LogP contribution is 2.26. The second-order valence-corrected chi connectivity index (χ2v) is 5.26. The summed E-state index contributed by atoms with van der Waals surface area (Å²) in [6, 6.07) is 11.9. The topological polar surface area (TPSA) is 67.4 Å². The van der Waals surface area contributed by atoms with Gasteiger partial charge in [-0.2, -0.15) is 5.26 Å². The molecule has 5 nitrogen and oxygen atoms in total. The molecule has 0 spiro atoms. The zero-order valence-electron chi connectivity index (χ0n) is 12.1. The summed E-state index contributed by atoms with van der Waals surface area (Å²) in [7, 11) is 0. The second kappa shape index (κ2) is 6.12. The van der Waals surface area contributed by atoms with Crippen LogP contribution in [0.2, 0.25) is 5.28 Å². The SMILES string of the molecule is CCCn1c(C(C#N)c2ccnc(Cl)n2)nc2ccccc21. The Kier molecular flexibility index (Phi) is 4.03. The van der Waals surface area contributed by atoms with Crippen LogP contribution in [0.3, 0.4) is 0 Å². The zero-order valence-corrected chi connectivity index (χ0v) is 12.8. The number of nitriles is 1. The highest BCUT2D eigenvalue weighted by atomic mass is 35.5. The lowest BCUT2D eigenvalue weighted by molar-refractivity contribution is 0.648. The van der Waals surface area contributed by atoms with Gasteiger partial charge in [0.2, 0.25) is 5.28 Å². The number of aromatic nitrogens is 4. The molecule has 1 aromatic carbocycles. The second-order valence-electron chi connectivity index (χ2n) is 4.92. The minimum absolute atomic E-state index is 0.135. The molecular weight excluding hydrogens is 298 g/mol. The molecule has 1 atom stereocenters. The number of benzene rings is 1. The van der Waals surface area contributed by atoms with Gasteiger partial charge in [0.05, 0.1) is 22.8 Å². The predicted octanol–water partition coefficient (Wildman–Crippen LogP) is 3.55. The zero-order chi connectivity index (χ0) is 15.5. The smallest absolute Gasteiger partial charge is 0.222 e. The Morgan fingerprint density at radius 1 is 1.27 bits per heavy atom. The van der Waals surface area contributed by atoms with E-state index in [0.29, 0.717) is 11.5 Å². The van der Waals surface area contributed by atoms with Gasteiger partial charge in [-0.15, -0.1) is 0 Å². The van der Waals surface area contributed by atoms with E-state index in [9.17, 15) is 5.26 Å². The number of hydrogen-bond acceptors (Lipinski definition) is 4. The van der Waals surface area contributed by atoms with E-state index in [2.05, 4.69) is 32.5 Å². The summed E-state index contributed by atoms with van der Waals surface area (Å²) in [5, 5.41) is 9.77. The van der Waals surface area contributed by atoms with Gasteiger partial charge in [0.25, 0.3) is 0 Å². The predicted molar refractivity (Wildman–Crippen MR) is 84.5 cm³/mol. The molecule has 0 saturated carbocycles. The minimum Gasteiger partial charge on any atom is -0.327 e. The number of imidazole rings is 1. The molecule has 0 aliphatic heterocycles. The number of aryl methyl sites for hydroxylation is 1. The van der Waals surface area contributed by atoms with Crippen molar-refractivity contribution < 1.29 is 0 Å². The Hall–Kier alpha value is -2.45. The third kappa shape index (κ3) is 2.53. The van der Waals surface area contributed by atoms with Gasteiger partial charge in [-0.05, 0) is 36.2 Å². The van der Waals surface area contributed by atoms with Crippen molar-refractivity contribution >= 4 is 22.6 Å². The first-order valence-electron chi connectivity index (χ1n) is 7.07. The first kappa shape index (κ1) is 14.5. The van der Waals surface area contributed by atoms with E-state index in [1.165, 1.54) is 0 Å². The highest BCUT2D eigenvalue weighted by Gasteiger charge is 2.23. The normalized spacial score (nSPS) is 12.2. The first-order chi connectivity index (χ1) is 10.7. The Morgan fingerprint density at radius 3 is 2.82 bits per heavy atom. The van der Waals surface area contributed by atoms with Gasteiger partial charge in [-0.1, -0.05) is 19.1 Å². The summed E-state index contributed by atoms with van der Waals surface area (Å²) in [6.45, 7) is 2.90. The van der Waals surface area contributed by atoms with Crippen LogP contribution >= 0.6 is 11.6 Å². The van der Waals surface area contributed by atoms with E-state index >= 15 is 0 Å². The van der Waals surface area contributed by atoms with Crippen molar-refractivity contribution in [2.45, 2.75) is 25.8 Å². The molecule has 0 aliphatic carbocycles. The summed E-state index contributed by atoms with van der Waals surface area (Å²) in [5.41, 5.74) is 2.47. The Bertz CT molecular complexity index is 849. The lowest BCUT2D eigenvalue weighted by Gasteiger charge is -2.12. The van der Waals surface area contributed by atoms with Gasteiger partial charge in [0.1, 0.15) is 11.7 Å². The maximum atomic E-state index is 9.63. The molecule has 2 aromatic heterocycles. The lowest BCUT2D eigenvalue weighted by atomic mass is 10.1. The minimum atomic E-state index is -0.570. The van der Waals surface area contributed by atoms with Crippen LogP contribution in [0.1, 0.15) is 30.8 Å². The molecule has 3 aromatic rings. The fourth-order valence-corrected chi connectivity index (χ4v) is 2.69. The van der Waals surface area contributed by atoms with Crippen molar-refractivity contribution in [2.75, 3.05) is 0 Å². The third-order valence-electron chi connectivity index (χ3n) is 3.46. The first-order valence-corrected chi connectivity index (χ1v) is 7.45. The highest BCUT2D eigenvalue weighted by molar-refractivity contribution is 6.28. The number of para-hydroxylation sites is 2. The molecule has 0 saturated heterocycles. The Balaban J connectivity index is 2.18. The Labute approximate surface area is 133 Å². The standard InChI is InChI=1S/C16H14ClN5/c1-2-9-22-14-6-4-3-5-13(14)20-15(22)11(10-18)12-7-8-19-16(17)21-12/h3-8,11H,2,9H2,1H3. The van der Waals surface area contributed by atoms with Crippen LogP contribution in [0, 0.1) is 11.3 Å². The van der Waals surface area contributed by atoms with Crippen molar-refractivity contribution in [3.63, 3.8) is 0 Å². The molecule has 6 heteroatoms. The van der Waals surface area contributed by atoms with Crippen LogP contribution in [-0.4, -0.2) is 19.5 Å². The third-order valence-corrected chi connectivity index (χ3v) is 3.64. The number of hydrogen-bond donors (Lipinski definition) is 0. The van der Waals surface area contributed by atoms with Crippen LogP contribution in [-0.2, 0) is 6.54 Å². The summed E-state index contributed by atoms with van der Waals surface area (Å²) in [5.74, 6) is 0.125. The molecule has 0 amide bonds. The van der Waals surface area contributed by atoms with Crippen LogP contribution < -0.4 is 0 Å². The molecule has 2 heterocycles. The average Bonchev–Trinajstić information content (AvgIpc) is 2.88. The summed E-state index contributed by atoms with van der Waals surface area (Å²) in [4.78, 5) is 12.7.